The minimum atomic E-state index is -0.696. The van der Waals surface area contributed by atoms with Gasteiger partial charge < -0.3 is 9.57 Å². The first-order chi connectivity index (χ1) is 9.17. The van der Waals surface area contributed by atoms with Crippen LogP contribution in [0.4, 0.5) is 0 Å². The first kappa shape index (κ1) is 15.2. The summed E-state index contributed by atoms with van der Waals surface area (Å²) in [6, 6.07) is 8.77. The van der Waals surface area contributed by atoms with Gasteiger partial charge in [-0.15, -0.1) is 5.48 Å². The fraction of sp³-hybridized carbons (Fsp3) is 0.429. The van der Waals surface area contributed by atoms with Crippen molar-refractivity contribution in [1.29, 1.82) is 0 Å². The summed E-state index contributed by atoms with van der Waals surface area (Å²) < 4.78 is 4.95. The molecule has 104 valence electrons. The van der Waals surface area contributed by atoms with E-state index in [0.29, 0.717) is 6.42 Å². The summed E-state index contributed by atoms with van der Waals surface area (Å²) in [5, 5.41) is 0. The largest absolute Gasteiger partial charge is 0.465 e. The molecule has 0 heterocycles. The molecule has 1 aromatic carbocycles. The third kappa shape index (κ3) is 5.52. The molecule has 1 rings (SSSR count). The maximum Gasteiger partial charge on any atom is 0.326 e. The van der Waals surface area contributed by atoms with Crippen LogP contribution in [0.2, 0.25) is 0 Å². The van der Waals surface area contributed by atoms with Crippen molar-refractivity contribution >= 4 is 11.9 Å². The molecule has 0 aromatic heterocycles. The lowest BCUT2D eigenvalue weighted by Crippen LogP contribution is -2.41. The number of ether oxygens (including phenoxy) is 1. The summed E-state index contributed by atoms with van der Waals surface area (Å²) >= 11 is 0. The molecule has 0 aliphatic rings. The van der Waals surface area contributed by atoms with E-state index in [1.807, 2.05) is 30.3 Å². The van der Waals surface area contributed by atoms with E-state index in [9.17, 15) is 9.59 Å². The van der Waals surface area contributed by atoms with E-state index in [-0.39, 0.29) is 13.0 Å². The molecule has 0 amide bonds. The maximum absolute atomic E-state index is 11.8. The molecule has 0 aliphatic heterocycles. The van der Waals surface area contributed by atoms with Crippen molar-refractivity contribution in [1.82, 2.24) is 5.48 Å². The summed E-state index contributed by atoms with van der Waals surface area (Å²) in [6.45, 7) is 3.70. The molecule has 19 heavy (non-hydrogen) atoms. The van der Waals surface area contributed by atoms with Crippen molar-refractivity contribution in [3.05, 3.63) is 35.9 Å². The first-order valence-electron chi connectivity index (χ1n) is 6.33. The van der Waals surface area contributed by atoms with E-state index in [2.05, 4.69) is 5.48 Å². The number of nitrogens with one attached hydrogen (secondary N) is 1. The fourth-order valence-electron chi connectivity index (χ4n) is 1.47. The topological polar surface area (TPSA) is 64.6 Å². The molecule has 0 bridgehead atoms. The quantitative estimate of drug-likeness (QED) is 0.599. The van der Waals surface area contributed by atoms with E-state index >= 15 is 0 Å². The molecule has 5 heteroatoms. The first-order valence-corrected chi connectivity index (χ1v) is 6.33. The highest BCUT2D eigenvalue weighted by Gasteiger charge is 2.21. The van der Waals surface area contributed by atoms with Gasteiger partial charge in [-0.25, -0.2) is 0 Å². The Labute approximate surface area is 112 Å². The van der Waals surface area contributed by atoms with Crippen molar-refractivity contribution in [3.63, 3.8) is 0 Å². The normalized spacial score (nSPS) is 11.7. The molecule has 0 saturated heterocycles. The lowest BCUT2D eigenvalue weighted by molar-refractivity contribution is -0.160. The molecule has 1 atom stereocenters. The summed E-state index contributed by atoms with van der Waals surface area (Å²) in [7, 11) is 0. The van der Waals surface area contributed by atoms with Gasteiger partial charge >= 0.3 is 11.9 Å². The number of hydroxylamine groups is 1. The van der Waals surface area contributed by atoms with Crippen LogP contribution in [0.5, 0.6) is 0 Å². The smallest absolute Gasteiger partial charge is 0.326 e. The Morgan fingerprint density at radius 1 is 1.21 bits per heavy atom. The highest BCUT2D eigenvalue weighted by atomic mass is 16.7. The standard InChI is InChI=1S/C14H19NO4/c1-3-13(16)19-15-12(14(17)18-4-2)10-11-8-6-5-7-9-11/h5-9,12,15H,3-4,10H2,1-2H3/t12-/m0/s1. The fourth-order valence-corrected chi connectivity index (χ4v) is 1.47. The molecular weight excluding hydrogens is 246 g/mol. The van der Waals surface area contributed by atoms with Crippen molar-refractivity contribution in [3.8, 4) is 0 Å². The number of carbonyl (C=O) groups excluding carboxylic acids is 2. The summed E-state index contributed by atoms with van der Waals surface area (Å²) in [4.78, 5) is 27.7. The van der Waals surface area contributed by atoms with Gasteiger partial charge in [0.25, 0.3) is 0 Å². The van der Waals surface area contributed by atoms with Crippen molar-refractivity contribution in [2.24, 2.45) is 0 Å². The minimum Gasteiger partial charge on any atom is -0.465 e. The van der Waals surface area contributed by atoms with Crippen LogP contribution in [0.3, 0.4) is 0 Å². The Hall–Kier alpha value is -1.88. The SMILES string of the molecule is CCOC(=O)[C@H](Cc1ccccc1)NOC(=O)CC. The molecule has 0 saturated carbocycles. The third-order valence-corrected chi connectivity index (χ3v) is 2.46. The Balaban J connectivity index is 2.63. The zero-order chi connectivity index (χ0) is 14.1. The van der Waals surface area contributed by atoms with E-state index in [4.69, 9.17) is 9.57 Å². The van der Waals surface area contributed by atoms with Crippen LogP contribution in [-0.4, -0.2) is 24.6 Å². The number of carbonyl (C=O) groups is 2. The molecule has 0 unspecified atom stereocenters. The Morgan fingerprint density at radius 2 is 1.89 bits per heavy atom. The molecule has 5 nitrogen and oxygen atoms in total. The lowest BCUT2D eigenvalue weighted by atomic mass is 10.1. The second kappa shape index (κ2) is 8.26. The number of rotatable bonds is 7. The average Bonchev–Trinajstić information content (AvgIpc) is 2.44. The minimum absolute atomic E-state index is 0.244. The van der Waals surface area contributed by atoms with Gasteiger partial charge in [0.15, 0.2) is 0 Å². The molecular formula is C14H19NO4. The molecule has 0 spiro atoms. The molecule has 1 N–H and O–H groups in total. The van der Waals surface area contributed by atoms with Gasteiger partial charge in [0.05, 0.1) is 6.61 Å². The summed E-state index contributed by atoms with van der Waals surface area (Å²) in [6.07, 6.45) is 0.643. The molecule has 0 radical (unpaired) electrons. The summed E-state index contributed by atoms with van der Waals surface area (Å²) in [5.41, 5.74) is 3.44. The Bertz CT molecular complexity index is 405. The van der Waals surface area contributed by atoms with Crippen molar-refractivity contribution in [2.75, 3.05) is 6.61 Å². The third-order valence-electron chi connectivity index (χ3n) is 2.46. The number of hydrogen-bond donors (Lipinski definition) is 1. The second-order valence-electron chi connectivity index (χ2n) is 3.94. The van der Waals surface area contributed by atoms with E-state index in [1.165, 1.54) is 0 Å². The number of esters is 1. The van der Waals surface area contributed by atoms with Crippen LogP contribution in [0.1, 0.15) is 25.8 Å². The van der Waals surface area contributed by atoms with Crippen molar-refractivity contribution < 1.29 is 19.2 Å². The van der Waals surface area contributed by atoms with Gasteiger partial charge in [0.2, 0.25) is 0 Å². The van der Waals surface area contributed by atoms with Gasteiger partial charge in [-0.2, -0.15) is 0 Å². The van der Waals surface area contributed by atoms with Gasteiger partial charge in [0.1, 0.15) is 6.04 Å². The van der Waals surface area contributed by atoms with Crippen LogP contribution in [0.15, 0.2) is 30.3 Å². The number of benzene rings is 1. The second-order valence-corrected chi connectivity index (χ2v) is 3.94. The van der Waals surface area contributed by atoms with Gasteiger partial charge in [0, 0.05) is 12.8 Å². The maximum atomic E-state index is 11.8. The predicted octanol–water partition coefficient (Wildman–Crippen LogP) is 1.62. The van der Waals surface area contributed by atoms with Crippen LogP contribution >= 0.6 is 0 Å². The predicted molar refractivity (Wildman–Crippen MR) is 70.1 cm³/mol. The highest BCUT2D eigenvalue weighted by Crippen LogP contribution is 2.05. The van der Waals surface area contributed by atoms with Crippen LogP contribution < -0.4 is 5.48 Å². The Morgan fingerprint density at radius 3 is 2.47 bits per heavy atom. The average molecular weight is 265 g/mol. The van der Waals surface area contributed by atoms with E-state index < -0.39 is 18.0 Å². The zero-order valence-electron chi connectivity index (χ0n) is 11.2. The van der Waals surface area contributed by atoms with Crippen LogP contribution in [0, 0.1) is 0 Å². The van der Waals surface area contributed by atoms with Gasteiger partial charge in [-0.1, -0.05) is 37.3 Å². The summed E-state index contributed by atoms with van der Waals surface area (Å²) in [5.74, 6) is -0.849. The lowest BCUT2D eigenvalue weighted by Gasteiger charge is -2.16. The zero-order valence-corrected chi connectivity index (χ0v) is 11.2. The van der Waals surface area contributed by atoms with Gasteiger partial charge in [-0.3, -0.25) is 9.59 Å². The van der Waals surface area contributed by atoms with Crippen LogP contribution in [0.25, 0.3) is 0 Å². The van der Waals surface area contributed by atoms with E-state index in [1.54, 1.807) is 13.8 Å². The monoisotopic (exact) mass is 265 g/mol. The van der Waals surface area contributed by atoms with Crippen LogP contribution in [-0.2, 0) is 25.6 Å². The molecule has 0 fully saturated rings. The van der Waals surface area contributed by atoms with E-state index in [0.717, 1.165) is 5.56 Å². The molecule has 0 aliphatic carbocycles. The highest BCUT2D eigenvalue weighted by molar-refractivity contribution is 5.76. The molecule has 1 aromatic rings. The Kier molecular flexibility index (Phi) is 6.60. The van der Waals surface area contributed by atoms with Gasteiger partial charge in [-0.05, 0) is 12.5 Å². The van der Waals surface area contributed by atoms with Crippen molar-refractivity contribution in [2.45, 2.75) is 32.7 Å². The number of hydrogen-bond acceptors (Lipinski definition) is 5.